The number of aliphatic imine (C=N–C) groups is 1. The van der Waals surface area contributed by atoms with Crippen molar-refractivity contribution >= 4 is 17.6 Å². The van der Waals surface area contributed by atoms with E-state index in [1.54, 1.807) is 18.6 Å². The van der Waals surface area contributed by atoms with E-state index < -0.39 is 0 Å². The Morgan fingerprint density at radius 3 is 2.83 bits per heavy atom. The van der Waals surface area contributed by atoms with Crippen LogP contribution in [0.5, 0.6) is 6.01 Å². The molecule has 1 heterocycles. The Bertz CT molecular complexity index is 737. The standard InChI is InChI=1S/C17H19N5O/c1-12-8-20-17(21-9-12)23-11-16(22-18)10-19-15-6-5-13-3-2-4-14(13)7-15/h5-10H,2-4,11,18H2,1H3. The summed E-state index contributed by atoms with van der Waals surface area (Å²) in [5.74, 6) is 5.39. The molecular formula is C17H19N5O. The SMILES string of the molecule is Cc1cnc(OCC(C=Nc2ccc3c(c2)CCC3)=NN)nc1. The molecule has 2 aromatic rings. The molecule has 6 heteroatoms. The summed E-state index contributed by atoms with van der Waals surface area (Å²) in [5.41, 5.74) is 5.21. The van der Waals surface area contributed by atoms with Crippen LogP contribution in [0.1, 0.15) is 23.1 Å². The third-order valence-electron chi connectivity index (χ3n) is 3.72. The summed E-state index contributed by atoms with van der Waals surface area (Å²) < 4.78 is 5.45. The average molecular weight is 309 g/mol. The number of rotatable bonds is 5. The predicted molar refractivity (Wildman–Crippen MR) is 90.5 cm³/mol. The van der Waals surface area contributed by atoms with Crippen LogP contribution in [0.2, 0.25) is 0 Å². The molecular weight excluding hydrogens is 290 g/mol. The fourth-order valence-electron chi connectivity index (χ4n) is 2.49. The van der Waals surface area contributed by atoms with E-state index >= 15 is 0 Å². The smallest absolute Gasteiger partial charge is 0.316 e. The molecule has 0 radical (unpaired) electrons. The second-order valence-corrected chi connectivity index (χ2v) is 5.52. The minimum Gasteiger partial charge on any atom is -0.457 e. The minimum absolute atomic E-state index is 0.175. The van der Waals surface area contributed by atoms with Crippen molar-refractivity contribution in [1.29, 1.82) is 0 Å². The highest BCUT2D eigenvalue weighted by molar-refractivity contribution is 6.31. The van der Waals surface area contributed by atoms with Crippen molar-refractivity contribution in [3.63, 3.8) is 0 Å². The van der Waals surface area contributed by atoms with Crippen LogP contribution in [0.15, 0.2) is 40.7 Å². The molecule has 0 bridgehead atoms. The molecule has 6 nitrogen and oxygen atoms in total. The maximum absolute atomic E-state index is 5.45. The summed E-state index contributed by atoms with van der Waals surface area (Å²) in [7, 11) is 0. The summed E-state index contributed by atoms with van der Waals surface area (Å²) in [4.78, 5) is 12.6. The van der Waals surface area contributed by atoms with Crippen molar-refractivity contribution < 1.29 is 4.74 Å². The Morgan fingerprint density at radius 1 is 1.26 bits per heavy atom. The highest BCUT2D eigenvalue weighted by Crippen LogP contribution is 2.25. The lowest BCUT2D eigenvalue weighted by molar-refractivity contribution is 0.346. The maximum atomic E-state index is 5.45. The topological polar surface area (TPSA) is 85.8 Å². The molecule has 3 rings (SSSR count). The Labute approximate surface area is 135 Å². The lowest BCUT2D eigenvalue weighted by Crippen LogP contribution is -2.16. The first-order chi connectivity index (χ1) is 11.2. The molecule has 0 saturated heterocycles. The zero-order valence-electron chi connectivity index (χ0n) is 13.1. The van der Waals surface area contributed by atoms with Crippen LogP contribution in [0.3, 0.4) is 0 Å². The van der Waals surface area contributed by atoms with E-state index in [0.29, 0.717) is 11.7 Å². The van der Waals surface area contributed by atoms with Gasteiger partial charge in [-0.1, -0.05) is 6.07 Å². The Hall–Kier alpha value is -2.76. The quantitative estimate of drug-likeness (QED) is 0.522. The van der Waals surface area contributed by atoms with Crippen LogP contribution < -0.4 is 10.6 Å². The molecule has 0 aliphatic heterocycles. The highest BCUT2D eigenvalue weighted by Gasteiger charge is 2.10. The molecule has 1 aliphatic rings. The summed E-state index contributed by atoms with van der Waals surface area (Å²) in [5, 5.41) is 3.70. The first kappa shape index (κ1) is 15.1. The maximum Gasteiger partial charge on any atom is 0.316 e. The van der Waals surface area contributed by atoms with Gasteiger partial charge >= 0.3 is 6.01 Å². The van der Waals surface area contributed by atoms with E-state index in [1.165, 1.54) is 24.0 Å². The van der Waals surface area contributed by atoms with E-state index in [-0.39, 0.29) is 6.61 Å². The zero-order chi connectivity index (χ0) is 16.1. The predicted octanol–water partition coefficient (Wildman–Crippen LogP) is 2.37. The van der Waals surface area contributed by atoms with Gasteiger partial charge in [0.1, 0.15) is 12.3 Å². The van der Waals surface area contributed by atoms with Gasteiger partial charge in [-0.2, -0.15) is 5.10 Å². The fraction of sp³-hybridized carbons (Fsp3) is 0.294. The van der Waals surface area contributed by atoms with E-state index in [0.717, 1.165) is 17.7 Å². The number of hydrogen-bond acceptors (Lipinski definition) is 6. The Morgan fingerprint density at radius 2 is 2.04 bits per heavy atom. The van der Waals surface area contributed by atoms with Gasteiger partial charge in [0, 0.05) is 12.4 Å². The van der Waals surface area contributed by atoms with E-state index in [4.69, 9.17) is 10.6 Å². The number of benzene rings is 1. The molecule has 0 amide bonds. The second-order valence-electron chi connectivity index (χ2n) is 5.52. The van der Waals surface area contributed by atoms with Crippen molar-refractivity contribution in [2.75, 3.05) is 6.61 Å². The number of nitrogens with zero attached hydrogens (tertiary/aromatic N) is 4. The molecule has 118 valence electrons. The number of aromatic nitrogens is 2. The molecule has 2 N–H and O–H groups in total. The number of aryl methyl sites for hydroxylation is 3. The van der Waals surface area contributed by atoms with Crippen molar-refractivity contribution in [2.24, 2.45) is 15.9 Å². The molecule has 0 unspecified atom stereocenters. The van der Waals surface area contributed by atoms with Crippen molar-refractivity contribution in [3.05, 3.63) is 47.3 Å². The fourth-order valence-corrected chi connectivity index (χ4v) is 2.49. The van der Waals surface area contributed by atoms with Gasteiger partial charge in [0.2, 0.25) is 0 Å². The summed E-state index contributed by atoms with van der Waals surface area (Å²) >= 11 is 0. The van der Waals surface area contributed by atoms with Crippen molar-refractivity contribution in [2.45, 2.75) is 26.2 Å². The van der Waals surface area contributed by atoms with Gasteiger partial charge in [-0.3, -0.25) is 4.99 Å². The van der Waals surface area contributed by atoms with Gasteiger partial charge in [0.25, 0.3) is 0 Å². The van der Waals surface area contributed by atoms with Gasteiger partial charge in [-0.25, -0.2) is 9.97 Å². The first-order valence-electron chi connectivity index (χ1n) is 7.58. The van der Waals surface area contributed by atoms with Gasteiger partial charge in [0.05, 0.1) is 11.9 Å². The molecule has 0 atom stereocenters. The van der Waals surface area contributed by atoms with Gasteiger partial charge in [-0.05, 0) is 55.0 Å². The Kier molecular flexibility index (Phi) is 4.61. The zero-order valence-corrected chi connectivity index (χ0v) is 13.1. The summed E-state index contributed by atoms with van der Waals surface area (Å²) in [6.45, 7) is 2.09. The molecule has 1 aliphatic carbocycles. The van der Waals surface area contributed by atoms with E-state index in [2.05, 4.69) is 32.2 Å². The number of nitrogens with two attached hydrogens (primary N) is 1. The number of fused-ring (bicyclic) bond motifs is 1. The number of hydrazone groups is 1. The van der Waals surface area contributed by atoms with Crippen LogP contribution in [0.4, 0.5) is 5.69 Å². The number of ether oxygens (including phenoxy) is 1. The van der Waals surface area contributed by atoms with Crippen molar-refractivity contribution in [1.82, 2.24) is 9.97 Å². The Balaban J connectivity index is 1.61. The highest BCUT2D eigenvalue weighted by atomic mass is 16.5. The van der Waals surface area contributed by atoms with Crippen molar-refractivity contribution in [3.8, 4) is 6.01 Å². The molecule has 1 aromatic heterocycles. The van der Waals surface area contributed by atoms with Crippen LogP contribution >= 0.6 is 0 Å². The van der Waals surface area contributed by atoms with E-state index in [1.807, 2.05) is 13.0 Å². The second kappa shape index (κ2) is 7.00. The van der Waals surface area contributed by atoms with Gasteiger partial charge in [0.15, 0.2) is 0 Å². The monoisotopic (exact) mass is 309 g/mol. The van der Waals surface area contributed by atoms with Crippen LogP contribution in [-0.2, 0) is 12.8 Å². The van der Waals surface area contributed by atoms with Crippen LogP contribution in [0, 0.1) is 6.92 Å². The third kappa shape index (κ3) is 3.91. The minimum atomic E-state index is 0.175. The third-order valence-corrected chi connectivity index (χ3v) is 3.72. The summed E-state index contributed by atoms with van der Waals surface area (Å²) in [6.07, 6.45) is 8.53. The molecule has 0 saturated carbocycles. The molecule has 0 spiro atoms. The largest absolute Gasteiger partial charge is 0.457 e. The van der Waals surface area contributed by atoms with Crippen LogP contribution in [0.25, 0.3) is 0 Å². The average Bonchev–Trinajstić information content (AvgIpc) is 3.04. The molecule has 1 aromatic carbocycles. The van der Waals surface area contributed by atoms with Gasteiger partial charge < -0.3 is 10.6 Å². The van der Waals surface area contributed by atoms with Crippen LogP contribution in [-0.4, -0.2) is 28.5 Å². The lowest BCUT2D eigenvalue weighted by atomic mass is 10.1. The normalized spacial score (nSPS) is 14.2. The first-order valence-corrected chi connectivity index (χ1v) is 7.58. The lowest BCUT2D eigenvalue weighted by Gasteiger charge is -2.04. The molecule has 0 fully saturated rings. The van der Waals surface area contributed by atoms with Gasteiger partial charge in [-0.15, -0.1) is 0 Å². The van der Waals surface area contributed by atoms with E-state index in [9.17, 15) is 0 Å². The molecule has 23 heavy (non-hydrogen) atoms. The number of hydrogen-bond donors (Lipinski definition) is 1. The summed E-state index contributed by atoms with van der Waals surface area (Å²) in [6, 6.07) is 6.57.